The van der Waals surface area contributed by atoms with E-state index in [1.54, 1.807) is 10.4 Å². The number of amides is 3. The summed E-state index contributed by atoms with van der Waals surface area (Å²) in [5.41, 5.74) is 3.65. The van der Waals surface area contributed by atoms with Gasteiger partial charge in [0.25, 0.3) is 0 Å². The number of carboxylic acid groups (broad SMARTS) is 1. The maximum Gasteiger partial charge on any atom is 0.408 e. The molecule has 8 heteroatoms. The van der Waals surface area contributed by atoms with Gasteiger partial charge in [-0.15, -0.1) is 0 Å². The molecule has 1 aromatic carbocycles. The van der Waals surface area contributed by atoms with Crippen LogP contribution < -0.4 is 5.48 Å². The van der Waals surface area contributed by atoms with E-state index in [4.69, 9.17) is 0 Å². The van der Waals surface area contributed by atoms with Crippen LogP contribution in [0.4, 0.5) is 4.79 Å². The van der Waals surface area contributed by atoms with Gasteiger partial charge in [0.1, 0.15) is 6.04 Å². The average molecular weight is 428 g/mol. The molecule has 0 bridgehead atoms. The number of likely N-dealkylation sites (tertiary alicyclic amines) is 1. The predicted molar refractivity (Wildman–Crippen MR) is 113 cm³/mol. The molecule has 2 fully saturated rings. The van der Waals surface area contributed by atoms with Gasteiger partial charge in [-0.1, -0.05) is 49.8 Å². The van der Waals surface area contributed by atoms with Crippen molar-refractivity contribution < 1.29 is 24.7 Å². The number of piperidine rings is 1. The first-order valence-electron chi connectivity index (χ1n) is 10.9. The maximum atomic E-state index is 13.5. The van der Waals surface area contributed by atoms with Crippen LogP contribution in [0.5, 0.6) is 0 Å². The van der Waals surface area contributed by atoms with Gasteiger partial charge < -0.3 is 10.0 Å². The van der Waals surface area contributed by atoms with Crippen molar-refractivity contribution in [2.75, 3.05) is 19.6 Å². The quantitative estimate of drug-likeness (QED) is 0.505. The minimum Gasteiger partial charge on any atom is -0.465 e. The molecule has 31 heavy (non-hydrogen) atoms. The Morgan fingerprint density at radius 1 is 1.19 bits per heavy atom. The van der Waals surface area contributed by atoms with E-state index in [1.807, 2.05) is 43.3 Å². The molecule has 8 nitrogen and oxygen atoms in total. The Balaban J connectivity index is 1.57. The highest BCUT2D eigenvalue weighted by Gasteiger charge is 2.62. The zero-order valence-corrected chi connectivity index (χ0v) is 17.7. The largest absolute Gasteiger partial charge is 0.465 e. The van der Waals surface area contributed by atoms with Crippen LogP contribution >= 0.6 is 0 Å². The minimum atomic E-state index is -1.20. The van der Waals surface area contributed by atoms with Crippen molar-refractivity contribution in [3.63, 3.8) is 0 Å². The van der Waals surface area contributed by atoms with Gasteiger partial charge in [0.2, 0.25) is 11.8 Å². The van der Waals surface area contributed by atoms with E-state index in [2.05, 4.69) is 0 Å². The maximum absolute atomic E-state index is 13.5. The lowest BCUT2D eigenvalue weighted by atomic mass is 9.78. The lowest BCUT2D eigenvalue weighted by Crippen LogP contribution is -2.62. The second-order valence-electron chi connectivity index (χ2n) is 8.94. The molecule has 1 spiro atoms. The van der Waals surface area contributed by atoms with E-state index in [1.165, 1.54) is 0 Å². The summed E-state index contributed by atoms with van der Waals surface area (Å²) in [6, 6.07) is 8.81. The fourth-order valence-corrected chi connectivity index (χ4v) is 5.50. The van der Waals surface area contributed by atoms with Crippen molar-refractivity contribution in [3.8, 4) is 0 Å². The third kappa shape index (κ3) is 3.92. The third-order valence-corrected chi connectivity index (χ3v) is 7.29. The normalized spacial score (nSPS) is 30.0. The van der Waals surface area contributed by atoms with Crippen LogP contribution in [0.3, 0.4) is 0 Å². The summed E-state index contributed by atoms with van der Waals surface area (Å²) >= 11 is 0. The van der Waals surface area contributed by atoms with Crippen molar-refractivity contribution in [1.82, 2.24) is 15.3 Å². The fraction of sp³-hybridized carbons (Fsp3) is 0.522. The number of benzene rings is 1. The van der Waals surface area contributed by atoms with Crippen molar-refractivity contribution in [3.05, 3.63) is 42.0 Å². The third-order valence-electron chi connectivity index (χ3n) is 7.29. The molecule has 0 aromatic heterocycles. The van der Waals surface area contributed by atoms with Crippen LogP contribution in [0.2, 0.25) is 0 Å². The van der Waals surface area contributed by atoms with Gasteiger partial charge in [-0.2, -0.15) is 0 Å². The number of nitrogens with one attached hydrogen (secondary N) is 1. The number of hydrogen-bond donors (Lipinski definition) is 3. The Kier molecular flexibility index (Phi) is 5.75. The van der Waals surface area contributed by atoms with Crippen molar-refractivity contribution in [1.29, 1.82) is 0 Å². The van der Waals surface area contributed by atoms with Crippen LogP contribution in [0, 0.1) is 17.3 Å². The predicted octanol–water partition coefficient (Wildman–Crippen LogP) is 2.59. The molecular weight excluding hydrogens is 398 g/mol. The number of nitrogens with zero attached hydrogens (tertiary/aromatic N) is 2. The second kappa shape index (κ2) is 8.34. The molecule has 0 radical (unpaired) electrons. The van der Waals surface area contributed by atoms with E-state index in [0.29, 0.717) is 31.8 Å². The fourth-order valence-electron chi connectivity index (χ4n) is 5.50. The van der Waals surface area contributed by atoms with Gasteiger partial charge in [0, 0.05) is 19.6 Å². The second-order valence-corrected chi connectivity index (χ2v) is 8.94. The topological polar surface area (TPSA) is 110 Å². The molecule has 2 unspecified atom stereocenters. The first-order chi connectivity index (χ1) is 14.9. The summed E-state index contributed by atoms with van der Waals surface area (Å²) in [6.07, 6.45) is 3.61. The van der Waals surface area contributed by atoms with Gasteiger partial charge in [0.05, 0.1) is 5.92 Å². The average Bonchev–Trinajstić information content (AvgIpc) is 3.49. The summed E-state index contributed by atoms with van der Waals surface area (Å²) in [6.45, 7) is 3.13. The minimum absolute atomic E-state index is 0.255. The van der Waals surface area contributed by atoms with Gasteiger partial charge in [0.15, 0.2) is 0 Å². The molecule has 2 heterocycles. The molecule has 2 aliphatic heterocycles. The summed E-state index contributed by atoms with van der Waals surface area (Å²) in [5, 5.41) is 19.2. The monoisotopic (exact) mass is 427 g/mol. The van der Waals surface area contributed by atoms with E-state index >= 15 is 0 Å². The lowest BCUT2D eigenvalue weighted by Gasteiger charge is -2.44. The molecule has 4 atom stereocenters. The molecule has 4 rings (SSSR count). The van der Waals surface area contributed by atoms with Gasteiger partial charge in [-0.05, 0) is 41.7 Å². The first-order valence-corrected chi connectivity index (χ1v) is 10.9. The van der Waals surface area contributed by atoms with Crippen molar-refractivity contribution in [2.24, 2.45) is 17.3 Å². The molecule has 3 aliphatic rings. The molecule has 1 saturated carbocycles. The summed E-state index contributed by atoms with van der Waals surface area (Å²) in [7, 11) is 0. The van der Waals surface area contributed by atoms with Crippen molar-refractivity contribution in [2.45, 2.75) is 38.6 Å². The van der Waals surface area contributed by atoms with Crippen LogP contribution in [-0.2, 0) is 9.59 Å². The molecular formula is C23H29N3O5. The van der Waals surface area contributed by atoms with Crippen LogP contribution in [0.15, 0.2) is 36.4 Å². The molecule has 3 amide bonds. The van der Waals surface area contributed by atoms with Gasteiger partial charge in [-0.3, -0.25) is 19.7 Å². The lowest BCUT2D eigenvalue weighted by molar-refractivity contribution is -0.150. The molecule has 166 valence electrons. The highest BCUT2D eigenvalue weighted by atomic mass is 16.5. The first kappa shape index (κ1) is 21.4. The number of rotatable bonds is 4. The zero-order valence-electron chi connectivity index (χ0n) is 17.7. The molecule has 1 saturated heterocycles. The number of carbonyl (C=O) groups is 3. The Hall–Kier alpha value is -2.87. The van der Waals surface area contributed by atoms with E-state index in [-0.39, 0.29) is 17.9 Å². The van der Waals surface area contributed by atoms with E-state index < -0.39 is 24.0 Å². The zero-order chi connectivity index (χ0) is 22.2. The summed E-state index contributed by atoms with van der Waals surface area (Å²) in [5.74, 6) is -1.63. The number of carbonyl (C=O) groups excluding carboxylic acids is 2. The van der Waals surface area contributed by atoms with Crippen molar-refractivity contribution >= 4 is 23.5 Å². The summed E-state index contributed by atoms with van der Waals surface area (Å²) in [4.78, 5) is 40.8. The highest BCUT2D eigenvalue weighted by Crippen LogP contribution is 2.61. The Bertz CT molecular complexity index is 902. The standard InChI is InChI=1S/C23H29N3O5/c1-2-17-12-23(17)13-18(20(27)24-31)19(26(14-23)22(29)30)21(28)25-10-8-16(9-11-25)15-6-4-3-5-7-15/h3-8,17-19,31H,2,9-14H2,1H3,(H,24,27)(H,29,30)/t17?,18-,19-,23?/m0/s1. The molecule has 1 aromatic rings. The molecule has 3 N–H and O–H groups in total. The SMILES string of the molecule is CCC1CC12C[C@H](C(=O)NO)[C@@H](C(=O)N1CC=C(c3ccccc3)CC1)N(C(=O)O)C2. The van der Waals surface area contributed by atoms with Gasteiger partial charge >= 0.3 is 6.09 Å². The molecule has 1 aliphatic carbocycles. The van der Waals surface area contributed by atoms with Crippen LogP contribution in [0.1, 0.15) is 38.2 Å². The van der Waals surface area contributed by atoms with Crippen LogP contribution in [-0.4, -0.2) is 63.7 Å². The summed E-state index contributed by atoms with van der Waals surface area (Å²) < 4.78 is 0. The Labute approximate surface area is 181 Å². The van der Waals surface area contributed by atoms with E-state index in [9.17, 15) is 24.7 Å². The van der Waals surface area contributed by atoms with Gasteiger partial charge in [-0.25, -0.2) is 10.3 Å². The number of hydroxylamine groups is 1. The van der Waals surface area contributed by atoms with E-state index in [0.717, 1.165) is 28.9 Å². The Morgan fingerprint density at radius 2 is 1.94 bits per heavy atom. The highest BCUT2D eigenvalue weighted by molar-refractivity contribution is 5.93. The number of hydrogen-bond acceptors (Lipinski definition) is 4. The Morgan fingerprint density at radius 3 is 2.48 bits per heavy atom. The van der Waals surface area contributed by atoms with Crippen LogP contribution in [0.25, 0.3) is 5.57 Å². The smallest absolute Gasteiger partial charge is 0.408 e.